The first-order valence-corrected chi connectivity index (χ1v) is 8.36. The normalized spacial score (nSPS) is 11.5. The highest BCUT2D eigenvalue weighted by atomic mass is 32.2. The van der Waals surface area contributed by atoms with Gasteiger partial charge >= 0.3 is 0 Å². The topological polar surface area (TPSA) is 46.2 Å². The molecule has 0 bridgehead atoms. The van der Waals surface area contributed by atoms with Crippen LogP contribution in [0.15, 0.2) is 59.5 Å². The van der Waals surface area contributed by atoms with Gasteiger partial charge < -0.3 is 0 Å². The number of nitrogens with one attached hydrogen (secondary N) is 1. The average Bonchev–Trinajstić information content (AvgIpc) is 2.48. The zero-order chi connectivity index (χ0) is 15.1. The van der Waals surface area contributed by atoms with Crippen molar-refractivity contribution in [2.24, 2.45) is 0 Å². The highest BCUT2D eigenvalue weighted by molar-refractivity contribution is 7.89. The van der Waals surface area contributed by atoms with Crippen LogP contribution in [-0.2, 0) is 16.4 Å². The van der Waals surface area contributed by atoms with Gasteiger partial charge in [-0.05, 0) is 37.0 Å². The third-order valence-corrected chi connectivity index (χ3v) is 4.65. The van der Waals surface area contributed by atoms with E-state index in [9.17, 15) is 12.8 Å². The van der Waals surface area contributed by atoms with Crippen LogP contribution in [0.2, 0.25) is 0 Å². The van der Waals surface area contributed by atoms with Crippen molar-refractivity contribution in [2.45, 2.75) is 24.2 Å². The molecule has 0 aliphatic heterocycles. The first kappa shape index (κ1) is 15.7. The minimum Gasteiger partial charge on any atom is -0.211 e. The standard InChI is InChI=1S/C16H18FNO2S/c17-15-11-4-5-12-16(15)21(19,20)18-13-7-6-10-14-8-2-1-3-9-14/h1-5,8-9,11-12,18H,6-7,10,13H2. The van der Waals surface area contributed by atoms with E-state index >= 15 is 0 Å². The van der Waals surface area contributed by atoms with E-state index < -0.39 is 15.8 Å². The van der Waals surface area contributed by atoms with Crippen LogP contribution < -0.4 is 4.72 Å². The Kier molecular flexibility index (Phi) is 5.47. The maximum atomic E-state index is 13.5. The van der Waals surface area contributed by atoms with Crippen molar-refractivity contribution in [3.8, 4) is 0 Å². The van der Waals surface area contributed by atoms with Crippen LogP contribution in [0.3, 0.4) is 0 Å². The number of hydrogen-bond donors (Lipinski definition) is 1. The molecule has 0 aliphatic carbocycles. The van der Waals surface area contributed by atoms with Crippen molar-refractivity contribution in [3.63, 3.8) is 0 Å². The SMILES string of the molecule is O=S(=O)(NCCCCc1ccccc1)c1ccccc1F. The van der Waals surface area contributed by atoms with Gasteiger partial charge in [-0.1, -0.05) is 42.5 Å². The summed E-state index contributed by atoms with van der Waals surface area (Å²) in [6, 6.07) is 15.4. The summed E-state index contributed by atoms with van der Waals surface area (Å²) < 4.78 is 39.8. The first-order chi connectivity index (χ1) is 10.1. The highest BCUT2D eigenvalue weighted by Crippen LogP contribution is 2.13. The minimum atomic E-state index is -3.76. The molecule has 0 saturated heterocycles. The molecule has 0 saturated carbocycles. The molecular weight excluding hydrogens is 289 g/mol. The molecule has 0 amide bonds. The number of benzene rings is 2. The third kappa shape index (κ3) is 4.65. The fourth-order valence-electron chi connectivity index (χ4n) is 2.05. The Hall–Kier alpha value is -1.72. The first-order valence-electron chi connectivity index (χ1n) is 6.88. The van der Waals surface area contributed by atoms with Gasteiger partial charge in [0.1, 0.15) is 10.7 Å². The lowest BCUT2D eigenvalue weighted by molar-refractivity contribution is 0.554. The van der Waals surface area contributed by atoms with Gasteiger partial charge in [0.2, 0.25) is 10.0 Å². The molecule has 0 unspecified atom stereocenters. The predicted molar refractivity (Wildman–Crippen MR) is 81.0 cm³/mol. The highest BCUT2D eigenvalue weighted by Gasteiger charge is 2.17. The van der Waals surface area contributed by atoms with Crippen molar-refractivity contribution in [2.75, 3.05) is 6.54 Å². The van der Waals surface area contributed by atoms with E-state index in [4.69, 9.17) is 0 Å². The number of aryl methyl sites for hydroxylation is 1. The van der Waals surface area contributed by atoms with Crippen molar-refractivity contribution in [1.29, 1.82) is 0 Å². The Morgan fingerprint density at radius 1 is 0.905 bits per heavy atom. The summed E-state index contributed by atoms with van der Waals surface area (Å²) in [5.74, 6) is -0.728. The van der Waals surface area contributed by atoms with E-state index in [0.29, 0.717) is 13.0 Å². The quantitative estimate of drug-likeness (QED) is 0.799. The van der Waals surface area contributed by atoms with Crippen molar-refractivity contribution in [1.82, 2.24) is 4.72 Å². The monoisotopic (exact) mass is 307 g/mol. The van der Waals surface area contributed by atoms with E-state index in [-0.39, 0.29) is 4.90 Å². The Morgan fingerprint density at radius 3 is 2.29 bits per heavy atom. The van der Waals surface area contributed by atoms with Crippen molar-refractivity contribution >= 4 is 10.0 Å². The smallest absolute Gasteiger partial charge is 0.211 e. The Labute approximate surface area is 124 Å². The predicted octanol–water partition coefficient (Wildman–Crippen LogP) is 3.13. The number of sulfonamides is 1. The number of hydrogen-bond acceptors (Lipinski definition) is 2. The van der Waals surface area contributed by atoms with Crippen LogP contribution in [0.4, 0.5) is 4.39 Å². The average molecular weight is 307 g/mol. The molecule has 0 fully saturated rings. The van der Waals surface area contributed by atoms with Gasteiger partial charge in [0.05, 0.1) is 0 Å². The molecule has 2 aromatic carbocycles. The van der Waals surface area contributed by atoms with Gasteiger partial charge in [0, 0.05) is 6.54 Å². The molecule has 2 aromatic rings. The van der Waals surface area contributed by atoms with E-state index in [0.717, 1.165) is 18.9 Å². The molecule has 0 heterocycles. The van der Waals surface area contributed by atoms with Crippen LogP contribution in [0.25, 0.3) is 0 Å². The van der Waals surface area contributed by atoms with Gasteiger partial charge in [-0.25, -0.2) is 17.5 Å². The van der Waals surface area contributed by atoms with E-state index in [1.165, 1.54) is 23.8 Å². The molecule has 0 aliphatic rings. The zero-order valence-corrected chi connectivity index (χ0v) is 12.4. The molecule has 5 heteroatoms. The molecule has 0 radical (unpaired) electrons. The number of halogens is 1. The maximum absolute atomic E-state index is 13.5. The Bertz CT molecular complexity index is 672. The Balaban J connectivity index is 1.79. The second-order valence-corrected chi connectivity index (χ2v) is 6.51. The van der Waals surface area contributed by atoms with Crippen molar-refractivity contribution < 1.29 is 12.8 Å². The summed E-state index contributed by atoms with van der Waals surface area (Å²) >= 11 is 0. The van der Waals surface area contributed by atoms with Crippen LogP contribution in [0, 0.1) is 5.82 Å². The second-order valence-electron chi connectivity index (χ2n) is 4.77. The molecule has 1 N–H and O–H groups in total. The summed E-state index contributed by atoms with van der Waals surface area (Å²) in [6.45, 7) is 0.309. The van der Waals surface area contributed by atoms with E-state index in [1.54, 1.807) is 0 Å². The lowest BCUT2D eigenvalue weighted by Gasteiger charge is -2.07. The molecule has 112 valence electrons. The van der Waals surface area contributed by atoms with Gasteiger partial charge in [0.25, 0.3) is 0 Å². The molecule has 0 spiro atoms. The summed E-state index contributed by atoms with van der Waals surface area (Å²) in [7, 11) is -3.76. The lowest BCUT2D eigenvalue weighted by Crippen LogP contribution is -2.25. The van der Waals surface area contributed by atoms with Gasteiger partial charge in [-0.2, -0.15) is 0 Å². The fraction of sp³-hybridized carbons (Fsp3) is 0.250. The zero-order valence-electron chi connectivity index (χ0n) is 11.6. The summed E-state index contributed by atoms with van der Waals surface area (Å²) in [4.78, 5) is -0.298. The summed E-state index contributed by atoms with van der Waals surface area (Å²) in [6.07, 6.45) is 2.49. The molecule has 2 rings (SSSR count). The molecule has 0 aromatic heterocycles. The summed E-state index contributed by atoms with van der Waals surface area (Å²) in [5, 5.41) is 0. The van der Waals surface area contributed by atoms with Crippen LogP contribution >= 0.6 is 0 Å². The fourth-order valence-corrected chi connectivity index (χ4v) is 3.20. The molecule has 3 nitrogen and oxygen atoms in total. The lowest BCUT2D eigenvalue weighted by atomic mass is 10.1. The second kappa shape index (κ2) is 7.33. The number of unbranched alkanes of at least 4 members (excludes halogenated alkanes) is 1. The Morgan fingerprint density at radius 2 is 1.57 bits per heavy atom. The van der Waals surface area contributed by atoms with Crippen molar-refractivity contribution in [3.05, 3.63) is 66.0 Å². The van der Waals surface area contributed by atoms with Crippen LogP contribution in [0.5, 0.6) is 0 Å². The number of rotatable bonds is 7. The molecular formula is C16H18FNO2S. The summed E-state index contributed by atoms with van der Waals surface area (Å²) in [5.41, 5.74) is 1.23. The van der Waals surface area contributed by atoms with Crippen LogP contribution in [0.1, 0.15) is 18.4 Å². The van der Waals surface area contributed by atoms with E-state index in [1.807, 2.05) is 30.3 Å². The molecule has 0 atom stereocenters. The largest absolute Gasteiger partial charge is 0.243 e. The van der Waals surface area contributed by atoms with Gasteiger partial charge in [-0.15, -0.1) is 0 Å². The van der Waals surface area contributed by atoms with E-state index in [2.05, 4.69) is 4.72 Å². The van der Waals surface area contributed by atoms with Crippen LogP contribution in [-0.4, -0.2) is 15.0 Å². The molecule has 21 heavy (non-hydrogen) atoms. The van der Waals surface area contributed by atoms with Gasteiger partial charge in [0.15, 0.2) is 0 Å². The van der Waals surface area contributed by atoms with Gasteiger partial charge in [-0.3, -0.25) is 0 Å². The maximum Gasteiger partial charge on any atom is 0.243 e. The minimum absolute atomic E-state index is 0.298. The third-order valence-electron chi connectivity index (χ3n) is 3.15.